The first-order chi connectivity index (χ1) is 15.5. The first-order valence-electron chi connectivity index (χ1n) is 10.3. The molecule has 12 heteroatoms. The van der Waals surface area contributed by atoms with Gasteiger partial charge in [-0.3, -0.25) is 14.4 Å². The molecule has 0 aliphatic heterocycles. The van der Waals surface area contributed by atoms with Gasteiger partial charge in [-0.15, -0.1) is 0 Å². The molecule has 180 valence electrons. The van der Waals surface area contributed by atoms with Crippen molar-refractivity contribution in [3.05, 3.63) is 36.0 Å². The van der Waals surface area contributed by atoms with Gasteiger partial charge in [-0.1, -0.05) is 18.2 Å². The van der Waals surface area contributed by atoms with E-state index >= 15 is 0 Å². The van der Waals surface area contributed by atoms with Crippen molar-refractivity contribution in [1.29, 1.82) is 0 Å². The number of carbonyl (C=O) groups excluding carboxylic acids is 3. The van der Waals surface area contributed by atoms with E-state index in [0.29, 0.717) is 5.56 Å². The number of para-hydroxylation sites is 1. The van der Waals surface area contributed by atoms with Crippen molar-refractivity contribution in [2.75, 3.05) is 6.54 Å². The number of hydrogen-bond donors (Lipinski definition) is 8. The number of nitrogens with two attached hydrogens (primary N) is 1. The van der Waals surface area contributed by atoms with E-state index in [2.05, 4.69) is 20.9 Å². The van der Waals surface area contributed by atoms with E-state index in [1.807, 2.05) is 18.2 Å². The number of H-pyrrole nitrogens is 1. The number of aliphatic hydroxyl groups excluding tert-OH is 2. The molecule has 3 amide bonds. The Balaban J connectivity index is 2.02. The summed E-state index contributed by atoms with van der Waals surface area (Å²) in [5.74, 6) is -3.78. The number of nitrogens with one attached hydrogen (secondary N) is 4. The molecule has 1 aromatic carbocycles. The largest absolute Gasteiger partial charge is 0.480 e. The Kier molecular flexibility index (Phi) is 8.91. The lowest BCUT2D eigenvalue weighted by molar-refractivity contribution is -0.142. The minimum Gasteiger partial charge on any atom is -0.480 e. The van der Waals surface area contributed by atoms with E-state index in [1.54, 1.807) is 12.3 Å². The minimum absolute atomic E-state index is 0.0289. The van der Waals surface area contributed by atoms with Crippen LogP contribution in [-0.4, -0.2) is 80.9 Å². The Morgan fingerprint density at radius 1 is 1.03 bits per heavy atom. The number of aromatic nitrogens is 1. The second-order valence-corrected chi connectivity index (χ2v) is 7.73. The molecule has 0 bridgehead atoms. The maximum atomic E-state index is 12.7. The average molecular weight is 463 g/mol. The quantitative estimate of drug-likeness (QED) is 0.186. The summed E-state index contributed by atoms with van der Waals surface area (Å²) in [5, 5.41) is 36.4. The van der Waals surface area contributed by atoms with Gasteiger partial charge in [-0.25, -0.2) is 4.79 Å². The summed E-state index contributed by atoms with van der Waals surface area (Å²) in [6.07, 6.45) is -0.860. The molecule has 0 spiro atoms. The molecule has 0 aliphatic rings. The summed E-state index contributed by atoms with van der Waals surface area (Å²) >= 11 is 0. The lowest BCUT2D eigenvalue weighted by atomic mass is 10.0. The molecule has 1 heterocycles. The van der Waals surface area contributed by atoms with Crippen LogP contribution in [0.15, 0.2) is 30.5 Å². The van der Waals surface area contributed by atoms with Crippen LogP contribution < -0.4 is 21.7 Å². The minimum atomic E-state index is -1.47. The van der Waals surface area contributed by atoms with Crippen molar-refractivity contribution >= 4 is 34.6 Å². The van der Waals surface area contributed by atoms with Gasteiger partial charge < -0.3 is 42.0 Å². The summed E-state index contributed by atoms with van der Waals surface area (Å²) in [4.78, 5) is 51.3. The van der Waals surface area contributed by atoms with Gasteiger partial charge in [0.15, 0.2) is 0 Å². The molecule has 2 aromatic rings. The number of carboxylic acids is 1. The Morgan fingerprint density at radius 3 is 2.30 bits per heavy atom. The van der Waals surface area contributed by atoms with Crippen molar-refractivity contribution in [3.8, 4) is 0 Å². The van der Waals surface area contributed by atoms with Crippen LogP contribution in [0.5, 0.6) is 0 Å². The number of aliphatic carboxylic acids is 1. The van der Waals surface area contributed by atoms with Gasteiger partial charge in [0.25, 0.3) is 0 Å². The molecule has 0 aliphatic carbocycles. The van der Waals surface area contributed by atoms with E-state index in [1.165, 1.54) is 13.8 Å². The smallest absolute Gasteiger partial charge is 0.326 e. The van der Waals surface area contributed by atoms with Gasteiger partial charge in [0.2, 0.25) is 17.7 Å². The molecule has 0 saturated heterocycles. The highest BCUT2D eigenvalue weighted by Gasteiger charge is 2.30. The Hall–Kier alpha value is -3.48. The van der Waals surface area contributed by atoms with Gasteiger partial charge in [-0.2, -0.15) is 0 Å². The number of benzene rings is 1. The van der Waals surface area contributed by atoms with Gasteiger partial charge in [0.1, 0.15) is 18.1 Å². The highest BCUT2D eigenvalue weighted by Crippen LogP contribution is 2.19. The predicted octanol–water partition coefficient (Wildman–Crippen LogP) is -2.03. The fraction of sp³-hybridized carbons (Fsp3) is 0.429. The molecule has 1 aromatic heterocycles. The number of aromatic amines is 1. The third-order valence-electron chi connectivity index (χ3n) is 5.04. The SMILES string of the molecule is CC(O)C(N)C(=O)NCC(=O)NC(C(=O)NC(Cc1c[nH]c2ccccc12)C(=O)O)C(C)O. The monoisotopic (exact) mass is 463 g/mol. The molecule has 2 rings (SSSR count). The molecule has 33 heavy (non-hydrogen) atoms. The first kappa shape index (κ1) is 25.8. The van der Waals surface area contributed by atoms with Crippen molar-refractivity contribution in [2.45, 2.75) is 50.6 Å². The van der Waals surface area contributed by atoms with Crippen LogP contribution in [0.1, 0.15) is 19.4 Å². The molecular formula is C21H29N5O7. The summed E-state index contributed by atoms with van der Waals surface area (Å²) in [7, 11) is 0. The van der Waals surface area contributed by atoms with Crippen molar-refractivity contribution in [1.82, 2.24) is 20.9 Å². The maximum Gasteiger partial charge on any atom is 0.326 e. The lowest BCUT2D eigenvalue weighted by Gasteiger charge is -2.23. The van der Waals surface area contributed by atoms with Crippen LogP contribution in [0, 0.1) is 0 Å². The summed E-state index contributed by atoms with van der Waals surface area (Å²) in [6, 6.07) is 3.25. The maximum absolute atomic E-state index is 12.7. The molecule has 5 atom stereocenters. The Bertz CT molecular complexity index is 1000. The molecular weight excluding hydrogens is 434 g/mol. The highest BCUT2D eigenvalue weighted by molar-refractivity contribution is 5.93. The molecule has 0 fully saturated rings. The van der Waals surface area contributed by atoms with Crippen LogP contribution in [0.4, 0.5) is 0 Å². The van der Waals surface area contributed by atoms with E-state index in [9.17, 15) is 34.5 Å². The molecule has 5 unspecified atom stereocenters. The van der Waals surface area contributed by atoms with Gasteiger partial charge in [0.05, 0.1) is 18.8 Å². The average Bonchev–Trinajstić information content (AvgIpc) is 3.17. The Morgan fingerprint density at radius 2 is 1.70 bits per heavy atom. The predicted molar refractivity (Wildman–Crippen MR) is 118 cm³/mol. The highest BCUT2D eigenvalue weighted by atomic mass is 16.4. The molecule has 9 N–H and O–H groups in total. The first-order valence-corrected chi connectivity index (χ1v) is 10.3. The van der Waals surface area contributed by atoms with Gasteiger partial charge >= 0.3 is 5.97 Å². The fourth-order valence-electron chi connectivity index (χ4n) is 3.12. The van der Waals surface area contributed by atoms with Gasteiger partial charge in [0, 0.05) is 23.5 Å². The van der Waals surface area contributed by atoms with E-state index in [0.717, 1.165) is 10.9 Å². The zero-order valence-electron chi connectivity index (χ0n) is 18.2. The van der Waals surface area contributed by atoms with Crippen molar-refractivity contribution in [3.63, 3.8) is 0 Å². The molecule has 0 saturated carbocycles. The molecule has 0 radical (unpaired) electrons. The number of aliphatic hydroxyl groups is 2. The summed E-state index contributed by atoms with van der Waals surface area (Å²) < 4.78 is 0. The van der Waals surface area contributed by atoms with E-state index in [-0.39, 0.29) is 6.42 Å². The second-order valence-electron chi connectivity index (χ2n) is 7.73. The van der Waals surface area contributed by atoms with E-state index < -0.39 is 60.6 Å². The van der Waals surface area contributed by atoms with Crippen molar-refractivity contribution in [2.24, 2.45) is 5.73 Å². The normalized spacial score (nSPS) is 15.7. The van der Waals surface area contributed by atoms with E-state index in [4.69, 9.17) is 5.73 Å². The van der Waals surface area contributed by atoms with Crippen LogP contribution in [0.25, 0.3) is 10.9 Å². The number of carboxylic acid groups (broad SMARTS) is 1. The van der Waals surface area contributed by atoms with Crippen LogP contribution >= 0.6 is 0 Å². The number of fused-ring (bicyclic) bond motifs is 1. The van der Waals surface area contributed by atoms with Crippen LogP contribution in [-0.2, 0) is 25.6 Å². The summed E-state index contributed by atoms with van der Waals surface area (Å²) in [6.45, 7) is 2.00. The second kappa shape index (κ2) is 11.4. The lowest BCUT2D eigenvalue weighted by Crippen LogP contribution is -2.58. The zero-order valence-corrected chi connectivity index (χ0v) is 18.2. The number of carbonyl (C=O) groups is 4. The zero-order chi connectivity index (χ0) is 24.7. The third-order valence-corrected chi connectivity index (χ3v) is 5.04. The number of amides is 3. The van der Waals surface area contributed by atoms with Gasteiger partial charge in [-0.05, 0) is 25.5 Å². The molecule has 12 nitrogen and oxygen atoms in total. The summed E-state index contributed by atoms with van der Waals surface area (Å²) in [5.41, 5.74) is 6.95. The Labute approximate surface area is 189 Å². The topological polar surface area (TPSA) is 207 Å². The third kappa shape index (κ3) is 7.00. The number of hydrogen-bond acceptors (Lipinski definition) is 7. The standard InChI is InChI=1S/C21H29N5O7/c1-10(27)17(22)19(30)24-9-16(29)26-18(11(2)28)20(31)25-15(21(32)33)7-12-8-23-14-6-4-3-5-13(12)14/h3-6,8,10-11,15,17-18,23,27-28H,7,9,22H2,1-2H3,(H,24,30)(H,25,31)(H,26,29)(H,32,33). The fourth-order valence-corrected chi connectivity index (χ4v) is 3.12. The van der Waals surface area contributed by atoms with Crippen molar-refractivity contribution < 1.29 is 34.5 Å². The van der Waals surface area contributed by atoms with Crippen LogP contribution in [0.2, 0.25) is 0 Å². The number of rotatable bonds is 11. The van der Waals surface area contributed by atoms with Crippen LogP contribution in [0.3, 0.4) is 0 Å².